The predicted octanol–water partition coefficient (Wildman–Crippen LogP) is 4.33. The third-order valence-corrected chi connectivity index (χ3v) is 4.99. The van der Waals surface area contributed by atoms with Gasteiger partial charge in [0.2, 0.25) is 0 Å². The van der Waals surface area contributed by atoms with Crippen molar-refractivity contribution >= 4 is 11.4 Å². The highest BCUT2D eigenvalue weighted by atomic mass is 19.4. The van der Waals surface area contributed by atoms with E-state index in [1.807, 2.05) is 24.3 Å². The van der Waals surface area contributed by atoms with Crippen LogP contribution in [-0.4, -0.2) is 43.1 Å². The van der Waals surface area contributed by atoms with Gasteiger partial charge in [0, 0.05) is 38.8 Å². The Balaban J connectivity index is 1.72. The Morgan fingerprint density at radius 1 is 1.07 bits per heavy atom. The highest BCUT2D eigenvalue weighted by Gasteiger charge is 2.34. The zero-order chi connectivity index (χ0) is 21.0. The van der Waals surface area contributed by atoms with E-state index in [1.165, 1.54) is 6.07 Å². The number of hydrogen-bond donors (Lipinski definition) is 0. The molecule has 29 heavy (non-hydrogen) atoms. The number of benzene rings is 2. The van der Waals surface area contributed by atoms with Gasteiger partial charge in [0.15, 0.2) is 0 Å². The molecular formula is C20H22F3N3O3. The molecule has 2 aromatic rings. The molecule has 0 bridgehead atoms. The van der Waals surface area contributed by atoms with Crippen molar-refractivity contribution in [3.63, 3.8) is 0 Å². The molecule has 1 saturated heterocycles. The summed E-state index contributed by atoms with van der Waals surface area (Å²) in [5, 5.41) is 11.4. The third kappa shape index (κ3) is 5.17. The van der Waals surface area contributed by atoms with Gasteiger partial charge in [0.1, 0.15) is 11.4 Å². The zero-order valence-electron chi connectivity index (χ0n) is 16.0. The highest BCUT2D eigenvalue weighted by Crippen LogP contribution is 2.36. The van der Waals surface area contributed by atoms with E-state index >= 15 is 0 Å². The lowest BCUT2D eigenvalue weighted by Crippen LogP contribution is -2.31. The number of rotatable bonds is 5. The molecule has 1 aliphatic rings. The van der Waals surface area contributed by atoms with Crippen molar-refractivity contribution < 1.29 is 22.8 Å². The highest BCUT2D eigenvalue weighted by molar-refractivity contribution is 5.64. The van der Waals surface area contributed by atoms with E-state index in [-0.39, 0.29) is 5.69 Å². The van der Waals surface area contributed by atoms with Gasteiger partial charge in [-0.05, 0) is 36.2 Å². The summed E-state index contributed by atoms with van der Waals surface area (Å²) in [6.45, 7) is 3.24. The van der Waals surface area contributed by atoms with Crippen LogP contribution in [0.1, 0.15) is 17.5 Å². The summed E-state index contributed by atoms with van der Waals surface area (Å²) >= 11 is 0. The van der Waals surface area contributed by atoms with Crippen LogP contribution in [0, 0.1) is 10.1 Å². The van der Waals surface area contributed by atoms with Crippen LogP contribution in [0.25, 0.3) is 0 Å². The van der Waals surface area contributed by atoms with Gasteiger partial charge in [-0.1, -0.05) is 12.1 Å². The average Bonchev–Trinajstić information content (AvgIpc) is 2.93. The van der Waals surface area contributed by atoms with Gasteiger partial charge in [-0.15, -0.1) is 0 Å². The van der Waals surface area contributed by atoms with Gasteiger partial charge in [-0.2, -0.15) is 13.2 Å². The molecule has 0 atom stereocenters. The summed E-state index contributed by atoms with van der Waals surface area (Å²) in [5.41, 5.74) is -0.165. The quantitative estimate of drug-likeness (QED) is 0.543. The molecule has 6 nitrogen and oxygen atoms in total. The second-order valence-corrected chi connectivity index (χ2v) is 6.92. The van der Waals surface area contributed by atoms with E-state index in [1.54, 1.807) is 12.0 Å². The first-order valence-corrected chi connectivity index (χ1v) is 9.24. The second-order valence-electron chi connectivity index (χ2n) is 6.92. The predicted molar refractivity (Wildman–Crippen MR) is 103 cm³/mol. The minimum atomic E-state index is -4.61. The van der Waals surface area contributed by atoms with Crippen LogP contribution in [0.3, 0.4) is 0 Å². The summed E-state index contributed by atoms with van der Waals surface area (Å²) in [6.07, 6.45) is -3.86. The van der Waals surface area contributed by atoms with Crippen LogP contribution in [-0.2, 0) is 12.7 Å². The number of nitro benzene ring substituents is 1. The van der Waals surface area contributed by atoms with E-state index in [9.17, 15) is 23.3 Å². The molecule has 2 aromatic carbocycles. The van der Waals surface area contributed by atoms with Crippen molar-refractivity contribution in [3.8, 4) is 5.75 Å². The first kappa shape index (κ1) is 20.9. The molecule has 9 heteroatoms. The topological polar surface area (TPSA) is 58.8 Å². The molecular weight excluding hydrogens is 387 g/mol. The maximum absolute atomic E-state index is 12.9. The van der Waals surface area contributed by atoms with Crippen LogP contribution in [0.2, 0.25) is 0 Å². The number of hydrogen-bond acceptors (Lipinski definition) is 5. The van der Waals surface area contributed by atoms with Crippen LogP contribution in [0.15, 0.2) is 42.5 Å². The summed E-state index contributed by atoms with van der Waals surface area (Å²) in [4.78, 5) is 14.7. The lowest BCUT2D eigenvalue weighted by molar-refractivity contribution is -0.384. The van der Waals surface area contributed by atoms with Crippen LogP contribution in [0.5, 0.6) is 5.75 Å². The first-order chi connectivity index (χ1) is 13.8. The molecule has 0 unspecified atom stereocenters. The number of ether oxygens (including phenoxy) is 1. The van der Waals surface area contributed by atoms with Gasteiger partial charge in [0.05, 0.1) is 17.6 Å². The van der Waals surface area contributed by atoms with E-state index in [2.05, 4.69) is 4.90 Å². The largest absolute Gasteiger partial charge is 0.497 e. The fourth-order valence-corrected chi connectivity index (χ4v) is 3.47. The normalized spacial score (nSPS) is 15.8. The van der Waals surface area contributed by atoms with Crippen molar-refractivity contribution in [1.82, 2.24) is 4.90 Å². The van der Waals surface area contributed by atoms with Crippen molar-refractivity contribution in [1.29, 1.82) is 0 Å². The molecule has 0 aromatic heterocycles. The summed E-state index contributed by atoms with van der Waals surface area (Å²) in [7, 11) is 1.61. The lowest BCUT2D eigenvalue weighted by Gasteiger charge is -2.24. The molecule has 0 spiro atoms. The zero-order valence-corrected chi connectivity index (χ0v) is 16.0. The Bertz CT molecular complexity index is 856. The molecule has 156 valence electrons. The summed E-state index contributed by atoms with van der Waals surface area (Å²) in [6, 6.07) is 10.5. The fourth-order valence-electron chi connectivity index (χ4n) is 3.47. The van der Waals surface area contributed by atoms with Gasteiger partial charge in [-0.3, -0.25) is 15.0 Å². The Morgan fingerprint density at radius 2 is 1.79 bits per heavy atom. The molecule has 1 fully saturated rings. The number of nitrogens with zero attached hydrogens (tertiary/aromatic N) is 3. The number of halogens is 3. The SMILES string of the molecule is COc1ccc(CN2CCCN(c3ccc(C(F)(F)F)cc3[N+](=O)[O-])CC2)cc1. The van der Waals surface area contributed by atoms with Gasteiger partial charge in [0.25, 0.3) is 5.69 Å². The minimum absolute atomic E-state index is 0.231. The molecule has 0 N–H and O–H groups in total. The number of anilines is 1. The lowest BCUT2D eigenvalue weighted by atomic mass is 10.1. The third-order valence-electron chi connectivity index (χ3n) is 4.99. The maximum Gasteiger partial charge on any atom is 0.416 e. The molecule has 0 radical (unpaired) electrons. The Hall–Kier alpha value is -2.81. The smallest absolute Gasteiger partial charge is 0.416 e. The number of nitro groups is 1. The number of alkyl halides is 3. The Kier molecular flexibility index (Phi) is 6.26. The van der Waals surface area contributed by atoms with Crippen LogP contribution >= 0.6 is 0 Å². The number of methoxy groups -OCH3 is 1. The monoisotopic (exact) mass is 409 g/mol. The Labute approximate surface area is 166 Å². The molecule has 1 heterocycles. The standard InChI is InChI=1S/C20H22F3N3O3/c1-29-17-6-3-15(4-7-17)14-24-9-2-10-25(12-11-24)18-8-5-16(20(21,22)23)13-19(18)26(27)28/h3-8,13H,2,9-12,14H2,1H3. The molecule has 0 aliphatic carbocycles. The van der Waals surface area contributed by atoms with E-state index in [0.29, 0.717) is 25.7 Å². The maximum atomic E-state index is 12.9. The summed E-state index contributed by atoms with van der Waals surface area (Å²) in [5.74, 6) is 0.783. The van der Waals surface area contributed by atoms with Crippen LogP contribution in [0.4, 0.5) is 24.5 Å². The molecule has 0 saturated carbocycles. The second kappa shape index (κ2) is 8.69. The van der Waals surface area contributed by atoms with Gasteiger partial charge >= 0.3 is 6.18 Å². The van der Waals surface area contributed by atoms with E-state index < -0.39 is 22.4 Å². The molecule has 0 amide bonds. The van der Waals surface area contributed by atoms with Crippen molar-refractivity contribution in [3.05, 3.63) is 63.7 Å². The average molecular weight is 409 g/mol. The van der Waals surface area contributed by atoms with Crippen molar-refractivity contribution in [2.75, 3.05) is 38.2 Å². The van der Waals surface area contributed by atoms with Crippen molar-refractivity contribution in [2.45, 2.75) is 19.1 Å². The first-order valence-electron chi connectivity index (χ1n) is 9.24. The Morgan fingerprint density at radius 3 is 2.41 bits per heavy atom. The van der Waals surface area contributed by atoms with Gasteiger partial charge in [-0.25, -0.2) is 0 Å². The summed E-state index contributed by atoms with van der Waals surface area (Å²) < 4.78 is 43.9. The van der Waals surface area contributed by atoms with E-state index in [0.717, 1.165) is 36.9 Å². The fraction of sp³-hybridized carbons (Fsp3) is 0.400. The van der Waals surface area contributed by atoms with E-state index in [4.69, 9.17) is 4.74 Å². The van der Waals surface area contributed by atoms with Gasteiger partial charge < -0.3 is 9.64 Å². The molecule has 3 rings (SSSR count). The molecule has 1 aliphatic heterocycles. The minimum Gasteiger partial charge on any atom is -0.497 e. The van der Waals surface area contributed by atoms with Crippen LogP contribution < -0.4 is 9.64 Å². The van der Waals surface area contributed by atoms with Crippen molar-refractivity contribution in [2.24, 2.45) is 0 Å².